The van der Waals surface area contributed by atoms with Crippen molar-refractivity contribution in [3.8, 4) is 0 Å². The molecule has 0 aliphatic heterocycles. The third-order valence-electron chi connectivity index (χ3n) is 1.15. The molecule has 0 aromatic carbocycles. The summed E-state index contributed by atoms with van der Waals surface area (Å²) in [7, 11) is 0. The first-order valence-electron chi connectivity index (χ1n) is 2.74. The van der Waals surface area contributed by atoms with E-state index < -0.39 is 0 Å². The van der Waals surface area contributed by atoms with Gasteiger partial charge in [0.05, 0.1) is 6.26 Å². The highest BCUT2D eigenvalue weighted by molar-refractivity contribution is 5.06. The molecule has 46 valence electrons. The molecular formula is C7H7NO. The van der Waals surface area contributed by atoms with Crippen molar-refractivity contribution in [1.29, 1.82) is 0 Å². The minimum absolute atomic E-state index is 0.139. The molecule has 0 aliphatic carbocycles. The third kappa shape index (κ3) is 1.11. The summed E-state index contributed by atoms with van der Waals surface area (Å²) in [6.07, 6.45) is 1.58. The summed E-state index contributed by atoms with van der Waals surface area (Å²) in [5.41, 5.74) is 0. The van der Waals surface area contributed by atoms with Crippen LogP contribution in [0.25, 0.3) is 4.85 Å². The van der Waals surface area contributed by atoms with Crippen molar-refractivity contribution in [3.63, 3.8) is 0 Å². The monoisotopic (exact) mass is 121 g/mol. The van der Waals surface area contributed by atoms with Gasteiger partial charge in [0.1, 0.15) is 0 Å². The average molecular weight is 121 g/mol. The van der Waals surface area contributed by atoms with Gasteiger partial charge in [-0.3, -0.25) is 0 Å². The largest absolute Gasteiger partial charge is 0.461 e. The molecular weight excluding hydrogens is 114 g/mol. The normalized spacial score (nSPS) is 12.4. The summed E-state index contributed by atoms with van der Waals surface area (Å²) in [5, 5.41) is 0. The van der Waals surface area contributed by atoms with E-state index in [2.05, 4.69) is 4.85 Å². The van der Waals surface area contributed by atoms with Gasteiger partial charge in [0.25, 0.3) is 6.04 Å². The molecule has 0 saturated heterocycles. The number of rotatable bonds is 1. The van der Waals surface area contributed by atoms with Gasteiger partial charge >= 0.3 is 0 Å². The summed E-state index contributed by atoms with van der Waals surface area (Å²) >= 11 is 0. The van der Waals surface area contributed by atoms with Crippen LogP contribution in [0.15, 0.2) is 22.8 Å². The fraction of sp³-hybridized carbons (Fsp3) is 0.286. The molecule has 0 N–H and O–H groups in total. The van der Waals surface area contributed by atoms with E-state index in [1.165, 1.54) is 0 Å². The lowest BCUT2D eigenvalue weighted by Crippen LogP contribution is -1.79. The Labute approximate surface area is 53.9 Å². The van der Waals surface area contributed by atoms with Gasteiger partial charge in [0.15, 0.2) is 5.76 Å². The van der Waals surface area contributed by atoms with Crippen LogP contribution in [0.5, 0.6) is 0 Å². The summed E-state index contributed by atoms with van der Waals surface area (Å²) in [6.45, 7) is 8.46. The zero-order chi connectivity index (χ0) is 6.69. The molecule has 2 heteroatoms. The van der Waals surface area contributed by atoms with Crippen molar-refractivity contribution in [2.24, 2.45) is 0 Å². The quantitative estimate of drug-likeness (QED) is 0.521. The zero-order valence-corrected chi connectivity index (χ0v) is 5.16. The topological polar surface area (TPSA) is 17.5 Å². The molecule has 1 atom stereocenters. The molecule has 1 aromatic heterocycles. The zero-order valence-electron chi connectivity index (χ0n) is 5.16. The average Bonchev–Trinajstić information content (AvgIpc) is 2.37. The summed E-state index contributed by atoms with van der Waals surface area (Å²) in [4.78, 5) is 3.29. The molecule has 0 radical (unpaired) electrons. The number of furan rings is 1. The van der Waals surface area contributed by atoms with Crippen molar-refractivity contribution in [2.75, 3.05) is 0 Å². The Kier molecular flexibility index (Phi) is 1.55. The Bertz CT molecular complexity index is 207. The predicted octanol–water partition coefficient (Wildman–Crippen LogP) is 2.26. The molecule has 1 heterocycles. The van der Waals surface area contributed by atoms with Gasteiger partial charge in [-0.15, -0.1) is 0 Å². The van der Waals surface area contributed by atoms with E-state index in [4.69, 9.17) is 11.0 Å². The van der Waals surface area contributed by atoms with Crippen LogP contribution in [0, 0.1) is 6.57 Å². The molecule has 9 heavy (non-hydrogen) atoms. The van der Waals surface area contributed by atoms with E-state index in [-0.39, 0.29) is 6.04 Å². The van der Waals surface area contributed by atoms with Crippen LogP contribution in [0.4, 0.5) is 0 Å². The van der Waals surface area contributed by atoms with Crippen molar-refractivity contribution in [3.05, 3.63) is 35.6 Å². The molecule has 1 unspecified atom stereocenters. The molecule has 0 amide bonds. The van der Waals surface area contributed by atoms with Gasteiger partial charge < -0.3 is 9.26 Å². The van der Waals surface area contributed by atoms with Crippen molar-refractivity contribution < 1.29 is 4.42 Å². The third-order valence-corrected chi connectivity index (χ3v) is 1.15. The lowest BCUT2D eigenvalue weighted by Gasteiger charge is -1.89. The maximum absolute atomic E-state index is 6.65. The summed E-state index contributed by atoms with van der Waals surface area (Å²) in [6, 6.07) is 3.46. The predicted molar refractivity (Wildman–Crippen MR) is 33.7 cm³/mol. The Morgan fingerprint density at radius 3 is 3.00 bits per heavy atom. The van der Waals surface area contributed by atoms with Crippen LogP contribution in [-0.4, -0.2) is 0 Å². The Morgan fingerprint density at radius 2 is 2.56 bits per heavy atom. The lowest BCUT2D eigenvalue weighted by atomic mass is 10.3. The van der Waals surface area contributed by atoms with E-state index in [9.17, 15) is 0 Å². The van der Waals surface area contributed by atoms with E-state index in [1.807, 2.05) is 13.0 Å². The molecule has 1 aromatic rings. The highest BCUT2D eigenvalue weighted by atomic mass is 16.3. The summed E-state index contributed by atoms with van der Waals surface area (Å²) < 4.78 is 4.97. The first kappa shape index (κ1) is 5.90. The van der Waals surface area contributed by atoms with E-state index in [1.54, 1.807) is 12.3 Å². The Morgan fingerprint density at radius 1 is 1.78 bits per heavy atom. The highest BCUT2D eigenvalue weighted by Crippen LogP contribution is 2.15. The van der Waals surface area contributed by atoms with Crippen molar-refractivity contribution >= 4 is 0 Å². The number of hydrogen-bond acceptors (Lipinski definition) is 1. The van der Waals surface area contributed by atoms with Crippen LogP contribution < -0.4 is 0 Å². The maximum atomic E-state index is 6.65. The van der Waals surface area contributed by atoms with Crippen LogP contribution in [-0.2, 0) is 0 Å². The number of hydrogen-bond donors (Lipinski definition) is 0. The van der Waals surface area contributed by atoms with Gasteiger partial charge in [0, 0.05) is 6.92 Å². The van der Waals surface area contributed by atoms with E-state index in [0.29, 0.717) is 0 Å². The first-order valence-corrected chi connectivity index (χ1v) is 2.74. The second kappa shape index (κ2) is 2.36. The van der Waals surface area contributed by atoms with Crippen LogP contribution in [0.2, 0.25) is 0 Å². The smallest absolute Gasteiger partial charge is 0.277 e. The van der Waals surface area contributed by atoms with Crippen molar-refractivity contribution in [1.82, 2.24) is 0 Å². The van der Waals surface area contributed by atoms with Gasteiger partial charge in [-0.1, -0.05) is 0 Å². The minimum Gasteiger partial charge on any atom is -0.461 e. The molecule has 0 saturated carbocycles. The fourth-order valence-electron chi connectivity index (χ4n) is 0.593. The Hall–Kier alpha value is -1.23. The summed E-state index contributed by atoms with van der Waals surface area (Å²) in [5.74, 6) is 0.741. The second-order valence-corrected chi connectivity index (χ2v) is 1.82. The molecule has 0 bridgehead atoms. The van der Waals surface area contributed by atoms with Gasteiger partial charge in [-0.05, 0) is 12.1 Å². The highest BCUT2D eigenvalue weighted by Gasteiger charge is 2.09. The molecule has 1 rings (SSSR count). The molecule has 2 nitrogen and oxygen atoms in total. The fourth-order valence-corrected chi connectivity index (χ4v) is 0.593. The van der Waals surface area contributed by atoms with E-state index in [0.717, 1.165) is 5.76 Å². The standard InChI is InChI=1S/C7H7NO/c1-6(8-2)7-4-3-5-9-7/h3-6H,1H3. The van der Waals surface area contributed by atoms with E-state index >= 15 is 0 Å². The maximum Gasteiger partial charge on any atom is 0.277 e. The molecule has 0 spiro atoms. The molecule has 0 aliphatic rings. The SMILES string of the molecule is [C-]#[N+]C(C)c1ccco1. The van der Waals surface area contributed by atoms with Crippen LogP contribution in [0.3, 0.4) is 0 Å². The van der Waals surface area contributed by atoms with Crippen molar-refractivity contribution in [2.45, 2.75) is 13.0 Å². The van der Waals surface area contributed by atoms with Gasteiger partial charge in [-0.2, -0.15) is 0 Å². The van der Waals surface area contributed by atoms with Gasteiger partial charge in [0.2, 0.25) is 0 Å². The lowest BCUT2D eigenvalue weighted by molar-refractivity contribution is 0.498. The minimum atomic E-state index is -0.139. The number of nitrogens with zero attached hydrogens (tertiary/aromatic N) is 1. The Balaban J connectivity index is 2.80. The van der Waals surface area contributed by atoms with Crippen LogP contribution >= 0.6 is 0 Å². The molecule has 0 fully saturated rings. The second-order valence-electron chi connectivity index (χ2n) is 1.82. The first-order chi connectivity index (χ1) is 4.34. The van der Waals surface area contributed by atoms with Crippen LogP contribution in [0.1, 0.15) is 18.7 Å². The van der Waals surface area contributed by atoms with Gasteiger partial charge in [-0.25, -0.2) is 6.57 Å².